The third-order valence-electron chi connectivity index (χ3n) is 2.36. The lowest BCUT2D eigenvalue weighted by Crippen LogP contribution is -2.48. The zero-order valence-electron chi connectivity index (χ0n) is 12.5. The normalized spacial score (nSPS) is 11.4. The van der Waals surface area contributed by atoms with E-state index in [1.165, 1.54) is 6.92 Å². The van der Waals surface area contributed by atoms with Crippen molar-refractivity contribution in [2.45, 2.75) is 40.5 Å². The van der Waals surface area contributed by atoms with Crippen LogP contribution in [0.15, 0.2) is 11.8 Å². The topological polar surface area (TPSA) is 54.0 Å². The first-order valence-corrected chi connectivity index (χ1v) is 8.48. The standard InChI is InChI=1S/C13H26O5Si/c1-6-16-19(17-7-2,18-8-3)12(4)10-9-11-15-13(5)14/h4,6-11H2,1-3,5H3. The molecular weight excluding hydrogens is 264 g/mol. The lowest BCUT2D eigenvalue weighted by Gasteiger charge is -2.30. The van der Waals surface area contributed by atoms with E-state index >= 15 is 0 Å². The van der Waals surface area contributed by atoms with E-state index in [1.54, 1.807) is 0 Å². The number of ether oxygens (including phenoxy) is 1. The highest BCUT2D eigenvalue weighted by molar-refractivity contribution is 6.68. The second-order valence-electron chi connectivity index (χ2n) is 3.90. The van der Waals surface area contributed by atoms with Crippen molar-refractivity contribution in [3.63, 3.8) is 0 Å². The molecular formula is C13H26O5Si. The Balaban J connectivity index is 4.46. The van der Waals surface area contributed by atoms with Gasteiger partial charge in [-0.1, -0.05) is 6.58 Å². The van der Waals surface area contributed by atoms with Crippen LogP contribution in [0.4, 0.5) is 0 Å². The van der Waals surface area contributed by atoms with Crippen molar-refractivity contribution in [2.24, 2.45) is 0 Å². The summed E-state index contributed by atoms with van der Waals surface area (Å²) in [6, 6.07) is 0. The molecule has 0 spiro atoms. The predicted molar refractivity (Wildman–Crippen MR) is 75.6 cm³/mol. The van der Waals surface area contributed by atoms with E-state index in [4.69, 9.17) is 18.0 Å². The molecule has 0 aromatic carbocycles. The summed E-state index contributed by atoms with van der Waals surface area (Å²) in [6.45, 7) is 13.1. The van der Waals surface area contributed by atoms with Gasteiger partial charge in [-0.2, -0.15) is 0 Å². The van der Waals surface area contributed by atoms with Crippen LogP contribution in [0, 0.1) is 0 Å². The number of carbonyl (C=O) groups is 1. The van der Waals surface area contributed by atoms with Gasteiger partial charge in [-0.05, 0) is 38.8 Å². The smallest absolute Gasteiger partial charge is 0.466 e. The fourth-order valence-corrected chi connectivity index (χ4v) is 4.14. The first-order valence-electron chi connectivity index (χ1n) is 6.75. The monoisotopic (exact) mass is 290 g/mol. The number of esters is 1. The van der Waals surface area contributed by atoms with Crippen molar-refractivity contribution in [1.82, 2.24) is 0 Å². The van der Waals surface area contributed by atoms with Crippen molar-refractivity contribution < 1.29 is 22.8 Å². The zero-order chi connectivity index (χ0) is 14.7. The molecule has 0 fully saturated rings. The van der Waals surface area contributed by atoms with Gasteiger partial charge in [0.15, 0.2) is 0 Å². The van der Waals surface area contributed by atoms with Crippen LogP contribution in [0.5, 0.6) is 0 Å². The molecule has 0 N–H and O–H groups in total. The average Bonchev–Trinajstić information content (AvgIpc) is 2.35. The van der Waals surface area contributed by atoms with E-state index in [-0.39, 0.29) is 5.97 Å². The minimum atomic E-state index is -2.81. The zero-order valence-corrected chi connectivity index (χ0v) is 13.5. The van der Waals surface area contributed by atoms with Gasteiger partial charge in [0.1, 0.15) is 0 Å². The van der Waals surface area contributed by atoms with Crippen LogP contribution < -0.4 is 0 Å². The van der Waals surface area contributed by atoms with Crippen LogP contribution in [-0.4, -0.2) is 41.2 Å². The van der Waals surface area contributed by atoms with Crippen LogP contribution in [0.3, 0.4) is 0 Å². The summed E-state index contributed by atoms with van der Waals surface area (Å²) in [5.74, 6) is -0.270. The van der Waals surface area contributed by atoms with E-state index in [2.05, 4.69) is 6.58 Å². The molecule has 5 nitrogen and oxygen atoms in total. The van der Waals surface area contributed by atoms with Crippen molar-refractivity contribution >= 4 is 14.8 Å². The Morgan fingerprint density at radius 2 is 1.53 bits per heavy atom. The number of hydrogen-bond donors (Lipinski definition) is 0. The quantitative estimate of drug-likeness (QED) is 0.332. The summed E-state index contributed by atoms with van der Waals surface area (Å²) >= 11 is 0. The van der Waals surface area contributed by atoms with E-state index in [1.807, 2.05) is 20.8 Å². The second-order valence-corrected chi connectivity index (χ2v) is 6.59. The Morgan fingerprint density at radius 3 is 1.89 bits per heavy atom. The van der Waals surface area contributed by atoms with E-state index in [0.29, 0.717) is 39.3 Å². The second kappa shape index (κ2) is 10.1. The Hall–Kier alpha value is -0.693. The summed E-state index contributed by atoms with van der Waals surface area (Å²) in [5.41, 5.74) is 0. The van der Waals surface area contributed by atoms with E-state index < -0.39 is 8.80 Å². The molecule has 0 saturated carbocycles. The maximum Gasteiger partial charge on any atom is 0.532 e. The summed E-state index contributed by atoms with van der Waals surface area (Å²) in [5, 5.41) is 0.838. The molecule has 0 aromatic rings. The largest absolute Gasteiger partial charge is 0.532 e. The van der Waals surface area contributed by atoms with Crippen molar-refractivity contribution in [1.29, 1.82) is 0 Å². The average molecular weight is 290 g/mol. The molecule has 0 unspecified atom stereocenters. The Kier molecular flexibility index (Phi) is 9.77. The molecule has 0 rings (SSSR count). The maximum atomic E-state index is 10.7. The van der Waals surface area contributed by atoms with Gasteiger partial charge < -0.3 is 18.0 Å². The Bertz CT molecular complexity index is 263. The Labute approximate surface area is 117 Å². The summed E-state index contributed by atoms with van der Waals surface area (Å²) < 4.78 is 22.1. The molecule has 0 aromatic heterocycles. The Morgan fingerprint density at radius 1 is 1.05 bits per heavy atom. The number of carbonyl (C=O) groups excluding carboxylic acids is 1. The predicted octanol–water partition coefficient (Wildman–Crippen LogP) is 2.47. The van der Waals surface area contributed by atoms with Crippen molar-refractivity contribution in [3.8, 4) is 0 Å². The van der Waals surface area contributed by atoms with Gasteiger partial charge in [-0.15, -0.1) is 0 Å². The number of rotatable bonds is 11. The van der Waals surface area contributed by atoms with E-state index in [9.17, 15) is 4.79 Å². The molecule has 0 saturated heterocycles. The molecule has 0 bridgehead atoms. The van der Waals surface area contributed by atoms with Gasteiger partial charge in [-0.25, -0.2) is 0 Å². The number of hydrogen-bond acceptors (Lipinski definition) is 5. The number of allylic oxidation sites excluding steroid dienone is 1. The van der Waals surface area contributed by atoms with Crippen molar-refractivity contribution in [2.75, 3.05) is 26.4 Å². The highest BCUT2D eigenvalue weighted by Crippen LogP contribution is 2.22. The van der Waals surface area contributed by atoms with Gasteiger partial charge in [0.05, 0.1) is 6.61 Å². The third-order valence-corrected chi connectivity index (χ3v) is 5.49. The molecule has 0 atom stereocenters. The highest BCUT2D eigenvalue weighted by atomic mass is 28.4. The first kappa shape index (κ1) is 18.3. The van der Waals surface area contributed by atoms with Crippen LogP contribution in [0.2, 0.25) is 0 Å². The molecule has 0 aliphatic carbocycles. The summed E-state index contributed by atoms with van der Waals surface area (Å²) in [7, 11) is -2.81. The molecule has 112 valence electrons. The van der Waals surface area contributed by atoms with Crippen molar-refractivity contribution in [3.05, 3.63) is 11.8 Å². The lowest BCUT2D eigenvalue weighted by atomic mass is 10.3. The van der Waals surface area contributed by atoms with Gasteiger partial charge in [-0.3, -0.25) is 4.79 Å². The lowest BCUT2D eigenvalue weighted by molar-refractivity contribution is -0.141. The first-order chi connectivity index (χ1) is 9.02. The molecule has 0 amide bonds. The molecule has 0 aliphatic rings. The van der Waals surface area contributed by atoms with Gasteiger partial charge >= 0.3 is 14.8 Å². The van der Waals surface area contributed by atoms with Gasteiger partial charge in [0.2, 0.25) is 0 Å². The summed E-state index contributed by atoms with van der Waals surface area (Å²) in [4.78, 5) is 10.7. The van der Waals surface area contributed by atoms with Gasteiger partial charge in [0.25, 0.3) is 0 Å². The fourth-order valence-electron chi connectivity index (χ4n) is 1.66. The maximum absolute atomic E-state index is 10.7. The van der Waals surface area contributed by atoms with E-state index in [0.717, 1.165) is 5.20 Å². The van der Waals surface area contributed by atoms with Crippen LogP contribution in [-0.2, 0) is 22.8 Å². The van der Waals surface area contributed by atoms with Gasteiger partial charge in [0, 0.05) is 26.7 Å². The van der Waals surface area contributed by atoms with Crippen LogP contribution in [0.1, 0.15) is 40.5 Å². The summed E-state index contributed by atoms with van der Waals surface area (Å²) in [6.07, 6.45) is 1.36. The minimum Gasteiger partial charge on any atom is -0.466 e. The van der Waals surface area contributed by atoms with Crippen LogP contribution >= 0.6 is 0 Å². The fraction of sp³-hybridized carbons (Fsp3) is 0.769. The molecule has 6 heteroatoms. The van der Waals surface area contributed by atoms with Crippen LogP contribution in [0.25, 0.3) is 0 Å². The third kappa shape index (κ3) is 6.86. The molecule has 0 heterocycles. The molecule has 19 heavy (non-hydrogen) atoms. The molecule has 0 radical (unpaired) electrons. The highest BCUT2D eigenvalue weighted by Gasteiger charge is 2.43. The molecule has 0 aliphatic heterocycles. The minimum absolute atomic E-state index is 0.270. The SMILES string of the molecule is C=C(CCCOC(C)=O)[Si](OCC)(OCC)OCC.